The van der Waals surface area contributed by atoms with Crippen LogP contribution in [0.25, 0.3) is 11.3 Å². The average Bonchev–Trinajstić information content (AvgIpc) is 3.30. The van der Waals surface area contributed by atoms with Crippen molar-refractivity contribution in [1.82, 2.24) is 24.5 Å². The van der Waals surface area contributed by atoms with Crippen LogP contribution in [0.5, 0.6) is 0 Å². The van der Waals surface area contributed by atoms with Gasteiger partial charge in [-0.25, -0.2) is 13.2 Å². The maximum atomic E-state index is 13.9. The number of alkyl halides is 3. The number of aromatic nitrogens is 4. The molecule has 0 spiro atoms. The van der Waals surface area contributed by atoms with Crippen LogP contribution in [0.3, 0.4) is 0 Å². The van der Waals surface area contributed by atoms with Crippen LogP contribution in [0, 0.1) is 17.5 Å². The number of carbonyl (C=O) groups excluding carboxylic acids is 1. The van der Waals surface area contributed by atoms with Crippen molar-refractivity contribution in [2.24, 2.45) is 14.1 Å². The fourth-order valence-electron chi connectivity index (χ4n) is 5.27. The molecule has 2 atom stereocenters. The molecule has 0 N–H and O–H groups in total. The van der Waals surface area contributed by atoms with Crippen LogP contribution in [0.15, 0.2) is 18.3 Å². The van der Waals surface area contributed by atoms with Crippen molar-refractivity contribution in [1.29, 1.82) is 0 Å². The molecular weight excluding hydrogens is 464 g/mol. The molecule has 4 heterocycles. The number of fused-ring (bicyclic) bond motifs is 4. The van der Waals surface area contributed by atoms with Gasteiger partial charge in [0.1, 0.15) is 0 Å². The summed E-state index contributed by atoms with van der Waals surface area (Å²) in [7, 11) is 2.69. The molecule has 1 fully saturated rings. The maximum absolute atomic E-state index is 13.9. The predicted octanol–water partition coefficient (Wildman–Crippen LogP) is 4.55. The number of aryl methyl sites for hydroxylation is 2. The van der Waals surface area contributed by atoms with E-state index in [1.54, 1.807) is 7.05 Å². The molecule has 0 radical (unpaired) electrons. The number of hydrogen-bond acceptors (Lipinski definition) is 3. The molecule has 2 aliphatic heterocycles. The molecule has 0 aliphatic carbocycles. The van der Waals surface area contributed by atoms with Crippen LogP contribution in [0.2, 0.25) is 0 Å². The Hall–Kier alpha value is -3.31. The summed E-state index contributed by atoms with van der Waals surface area (Å²) >= 11 is 0. The predicted molar refractivity (Wildman–Crippen MR) is 107 cm³/mol. The number of benzene rings is 1. The van der Waals surface area contributed by atoms with Gasteiger partial charge in [-0.15, -0.1) is 0 Å². The van der Waals surface area contributed by atoms with Gasteiger partial charge < -0.3 is 4.90 Å². The van der Waals surface area contributed by atoms with Crippen LogP contribution in [-0.4, -0.2) is 36.4 Å². The quantitative estimate of drug-likeness (QED) is 0.397. The van der Waals surface area contributed by atoms with Crippen molar-refractivity contribution < 1.29 is 31.1 Å². The summed E-state index contributed by atoms with van der Waals surface area (Å²) in [6.07, 6.45) is -1.85. The molecule has 6 nitrogen and oxygen atoms in total. The van der Waals surface area contributed by atoms with E-state index in [0.29, 0.717) is 34.5 Å². The minimum atomic E-state index is -4.76. The minimum absolute atomic E-state index is 0.0946. The van der Waals surface area contributed by atoms with Crippen molar-refractivity contribution in [3.63, 3.8) is 0 Å². The van der Waals surface area contributed by atoms with Gasteiger partial charge in [-0.3, -0.25) is 14.2 Å². The van der Waals surface area contributed by atoms with Gasteiger partial charge in [0.25, 0.3) is 5.91 Å². The van der Waals surface area contributed by atoms with Gasteiger partial charge >= 0.3 is 6.18 Å². The second-order valence-electron chi connectivity index (χ2n) is 8.64. The molecule has 12 heteroatoms. The zero-order valence-corrected chi connectivity index (χ0v) is 18.1. The van der Waals surface area contributed by atoms with Crippen molar-refractivity contribution in [3.05, 3.63) is 58.3 Å². The second-order valence-corrected chi connectivity index (χ2v) is 8.64. The van der Waals surface area contributed by atoms with E-state index in [2.05, 4.69) is 10.2 Å². The van der Waals surface area contributed by atoms with Crippen molar-refractivity contribution in [2.75, 3.05) is 0 Å². The lowest BCUT2D eigenvalue weighted by atomic mass is 9.81. The molecule has 2 aromatic heterocycles. The Morgan fingerprint density at radius 1 is 1.06 bits per heavy atom. The van der Waals surface area contributed by atoms with Crippen LogP contribution in [0.4, 0.5) is 26.3 Å². The smallest absolute Gasteiger partial charge is 0.327 e. The Bertz CT molecular complexity index is 1290. The Labute approximate surface area is 189 Å². The van der Waals surface area contributed by atoms with Gasteiger partial charge in [-0.1, -0.05) is 0 Å². The van der Waals surface area contributed by atoms with Gasteiger partial charge in [0.2, 0.25) is 0 Å². The lowest BCUT2D eigenvalue weighted by molar-refractivity contribution is -0.144. The first-order chi connectivity index (χ1) is 16.0. The molecule has 2 bridgehead atoms. The monoisotopic (exact) mass is 483 g/mol. The van der Waals surface area contributed by atoms with Crippen molar-refractivity contribution >= 4 is 5.91 Å². The molecule has 5 rings (SSSR count). The summed E-state index contributed by atoms with van der Waals surface area (Å²) in [5.41, 5.74) is -0.0703. The molecule has 0 saturated carbocycles. The highest BCUT2D eigenvalue weighted by Crippen LogP contribution is 2.46. The molecule has 0 unspecified atom stereocenters. The maximum Gasteiger partial charge on any atom is 0.433 e. The second kappa shape index (κ2) is 7.60. The van der Waals surface area contributed by atoms with Crippen molar-refractivity contribution in [3.8, 4) is 11.3 Å². The SMILES string of the molecule is Cn1nc2c(c1-c1cc(F)c(F)c(F)c1)C[C@H]1CCC[C@@H]2N1C(=O)c1cnn(C)c1C(F)(F)F. The minimum Gasteiger partial charge on any atom is -0.327 e. The van der Waals surface area contributed by atoms with E-state index in [9.17, 15) is 31.1 Å². The largest absolute Gasteiger partial charge is 0.433 e. The zero-order valence-electron chi connectivity index (χ0n) is 18.1. The average molecular weight is 483 g/mol. The molecule has 2 aliphatic rings. The first-order valence-electron chi connectivity index (χ1n) is 10.6. The van der Waals surface area contributed by atoms with Gasteiger partial charge in [-0.05, 0) is 37.8 Å². The first-order valence-corrected chi connectivity index (χ1v) is 10.6. The summed E-state index contributed by atoms with van der Waals surface area (Å²) in [5, 5.41) is 8.12. The van der Waals surface area contributed by atoms with E-state index in [4.69, 9.17) is 0 Å². The Kier molecular flexibility index (Phi) is 5.03. The fourth-order valence-corrected chi connectivity index (χ4v) is 5.27. The zero-order chi connectivity index (χ0) is 24.5. The first kappa shape index (κ1) is 22.5. The Balaban J connectivity index is 1.60. The van der Waals surface area contributed by atoms with Crippen LogP contribution >= 0.6 is 0 Å². The lowest BCUT2D eigenvalue weighted by Gasteiger charge is -2.45. The third-order valence-electron chi connectivity index (χ3n) is 6.61. The molecule has 3 aromatic rings. The number of rotatable bonds is 2. The molecule has 1 aromatic carbocycles. The molecular formula is C22H19F6N5O. The molecule has 1 saturated heterocycles. The van der Waals surface area contributed by atoms with E-state index in [0.717, 1.165) is 31.8 Å². The third kappa shape index (κ3) is 3.30. The topological polar surface area (TPSA) is 56.0 Å². The summed E-state index contributed by atoms with van der Waals surface area (Å²) in [5.74, 6) is -5.04. The summed E-state index contributed by atoms with van der Waals surface area (Å²) in [6, 6.07) is 0.729. The van der Waals surface area contributed by atoms with Gasteiger partial charge in [0.15, 0.2) is 23.1 Å². The summed E-state index contributed by atoms with van der Waals surface area (Å²) < 4.78 is 84.2. The van der Waals surface area contributed by atoms with Gasteiger partial charge in [-0.2, -0.15) is 23.4 Å². The van der Waals surface area contributed by atoms with Crippen molar-refractivity contribution in [2.45, 2.75) is 43.9 Å². The fraction of sp³-hybridized carbons (Fsp3) is 0.409. The lowest BCUT2D eigenvalue weighted by Crippen LogP contribution is -2.50. The number of nitrogens with zero attached hydrogens (tertiary/aromatic N) is 5. The Morgan fingerprint density at radius 2 is 1.74 bits per heavy atom. The highest BCUT2D eigenvalue weighted by atomic mass is 19.4. The molecule has 1 amide bonds. The number of carbonyl (C=O) groups is 1. The standard InChI is InChI=1S/C22H19F6N5O/c1-31-19(10-6-14(23)17(25)15(24)7-10)12-8-11-4-3-5-16(18(12)30-31)33(11)21(34)13-9-29-32(2)20(13)22(26,27)28/h6-7,9,11,16H,3-5,8H2,1-2H3/t11-,16+/m1/s1. The van der Waals surface area contributed by atoms with E-state index in [-0.39, 0.29) is 12.0 Å². The highest BCUT2D eigenvalue weighted by Gasteiger charge is 2.47. The van der Waals surface area contributed by atoms with Gasteiger partial charge in [0.05, 0.1) is 29.2 Å². The molecule has 180 valence electrons. The summed E-state index contributed by atoms with van der Waals surface area (Å²) in [6.45, 7) is 0. The highest BCUT2D eigenvalue weighted by molar-refractivity contribution is 5.96. The number of amides is 1. The molecule has 34 heavy (non-hydrogen) atoms. The van der Waals surface area contributed by atoms with E-state index in [1.165, 1.54) is 9.58 Å². The van der Waals surface area contributed by atoms with Crippen LogP contribution < -0.4 is 0 Å². The van der Waals surface area contributed by atoms with E-state index >= 15 is 0 Å². The van der Waals surface area contributed by atoms with Crippen LogP contribution in [-0.2, 0) is 26.7 Å². The normalized spacial score (nSPS) is 19.9. The van der Waals surface area contributed by atoms with E-state index in [1.807, 2.05) is 0 Å². The third-order valence-corrected chi connectivity index (χ3v) is 6.61. The number of piperidine rings is 1. The number of halogens is 6. The number of hydrogen-bond donors (Lipinski definition) is 0. The Morgan fingerprint density at radius 3 is 2.38 bits per heavy atom. The van der Waals surface area contributed by atoms with Gasteiger partial charge in [0, 0.05) is 31.3 Å². The van der Waals surface area contributed by atoms with E-state index < -0.39 is 52.9 Å². The van der Waals surface area contributed by atoms with Crippen LogP contribution in [0.1, 0.15) is 52.6 Å². The summed E-state index contributed by atoms with van der Waals surface area (Å²) in [4.78, 5) is 14.8.